The van der Waals surface area contributed by atoms with E-state index in [1.54, 1.807) is 6.20 Å². The summed E-state index contributed by atoms with van der Waals surface area (Å²) in [6.07, 6.45) is 8.19. The van der Waals surface area contributed by atoms with E-state index in [2.05, 4.69) is 21.9 Å². The fraction of sp³-hybridized carbons (Fsp3) is 0.333. The van der Waals surface area contributed by atoms with Gasteiger partial charge in [0.15, 0.2) is 0 Å². The van der Waals surface area contributed by atoms with Crippen molar-refractivity contribution in [1.29, 1.82) is 0 Å². The van der Waals surface area contributed by atoms with Crippen LogP contribution in [0.4, 0.5) is 0 Å². The van der Waals surface area contributed by atoms with E-state index in [-0.39, 0.29) is 0 Å². The predicted octanol–water partition coefficient (Wildman–Crippen LogP) is 4.24. The Morgan fingerprint density at radius 3 is 2.77 bits per heavy atom. The van der Waals surface area contributed by atoms with E-state index in [1.165, 1.54) is 12.8 Å². The number of nitrogens with one attached hydrogen (secondary N) is 1. The predicted molar refractivity (Wildman–Crippen MR) is 104 cm³/mol. The number of imidazole rings is 1. The number of hydrogen-bond acceptors (Lipinski definition) is 4. The molecule has 0 saturated heterocycles. The van der Waals surface area contributed by atoms with E-state index in [1.807, 2.05) is 42.6 Å². The van der Waals surface area contributed by atoms with Crippen LogP contribution < -0.4 is 10.5 Å². The Balaban J connectivity index is 1.82. The summed E-state index contributed by atoms with van der Waals surface area (Å²) < 4.78 is 6.12. The molecule has 0 radical (unpaired) electrons. The maximum absolute atomic E-state index is 6.12. The lowest BCUT2D eigenvalue weighted by molar-refractivity contribution is 0.299. The third-order valence-electron chi connectivity index (χ3n) is 4.34. The van der Waals surface area contributed by atoms with Crippen LogP contribution in [0.15, 0.2) is 48.8 Å². The summed E-state index contributed by atoms with van der Waals surface area (Å²) >= 11 is 0. The Morgan fingerprint density at radius 1 is 1.08 bits per heavy atom. The van der Waals surface area contributed by atoms with Crippen LogP contribution in [0.3, 0.4) is 0 Å². The molecule has 0 saturated carbocycles. The Hall–Kier alpha value is -2.66. The summed E-state index contributed by atoms with van der Waals surface area (Å²) in [5.41, 5.74) is 9.73. The van der Waals surface area contributed by atoms with Crippen LogP contribution in [-0.4, -0.2) is 15.0 Å². The number of para-hydroxylation sites is 1. The molecule has 5 heteroatoms. The minimum absolute atomic E-state index is 0.405. The van der Waals surface area contributed by atoms with Gasteiger partial charge in [-0.25, -0.2) is 4.98 Å². The van der Waals surface area contributed by atoms with Gasteiger partial charge in [-0.05, 0) is 24.6 Å². The first-order chi connectivity index (χ1) is 12.8. The van der Waals surface area contributed by atoms with Crippen LogP contribution in [0.2, 0.25) is 0 Å². The molecule has 0 aliphatic carbocycles. The minimum atomic E-state index is 0.405. The maximum atomic E-state index is 6.12. The number of unbranched alkanes of at least 4 members (excludes halogenated alkanes) is 2. The number of nitrogens with two attached hydrogens (primary N) is 1. The summed E-state index contributed by atoms with van der Waals surface area (Å²) in [7, 11) is 0. The molecule has 5 nitrogen and oxygen atoms in total. The first kappa shape index (κ1) is 18.1. The maximum Gasteiger partial charge on any atom is 0.133 e. The Morgan fingerprint density at radius 2 is 2.00 bits per heavy atom. The Bertz CT molecular complexity index is 814. The third kappa shape index (κ3) is 4.49. The fourth-order valence-corrected chi connectivity index (χ4v) is 2.93. The van der Waals surface area contributed by atoms with Crippen molar-refractivity contribution in [2.45, 2.75) is 45.8 Å². The topological polar surface area (TPSA) is 76.8 Å². The van der Waals surface area contributed by atoms with Crippen molar-refractivity contribution in [3.05, 3.63) is 65.9 Å². The number of ether oxygens (including phenoxy) is 1. The monoisotopic (exact) mass is 350 g/mol. The molecular formula is C21H26N4O. The van der Waals surface area contributed by atoms with Crippen LogP contribution in [0, 0.1) is 0 Å². The van der Waals surface area contributed by atoms with Crippen LogP contribution in [-0.2, 0) is 19.6 Å². The lowest BCUT2D eigenvalue weighted by Crippen LogP contribution is -2.05. The molecule has 0 bridgehead atoms. The van der Waals surface area contributed by atoms with Gasteiger partial charge in [0.25, 0.3) is 0 Å². The second kappa shape index (κ2) is 9.15. The molecule has 136 valence electrons. The number of benzene rings is 1. The van der Waals surface area contributed by atoms with Crippen molar-refractivity contribution in [1.82, 2.24) is 15.0 Å². The molecule has 2 aromatic heterocycles. The van der Waals surface area contributed by atoms with Crippen LogP contribution in [0.1, 0.15) is 43.3 Å². The molecule has 1 aromatic carbocycles. The lowest BCUT2D eigenvalue weighted by atomic mass is 10.1. The molecule has 0 aliphatic heterocycles. The van der Waals surface area contributed by atoms with Gasteiger partial charge < -0.3 is 15.5 Å². The van der Waals surface area contributed by atoms with E-state index in [0.717, 1.165) is 46.9 Å². The van der Waals surface area contributed by atoms with Gasteiger partial charge in [0.05, 0.1) is 17.6 Å². The molecule has 0 fully saturated rings. The first-order valence-electron chi connectivity index (χ1n) is 9.20. The van der Waals surface area contributed by atoms with Crippen LogP contribution in [0.5, 0.6) is 5.75 Å². The van der Waals surface area contributed by atoms with Crippen molar-refractivity contribution in [2.24, 2.45) is 5.73 Å². The van der Waals surface area contributed by atoms with E-state index >= 15 is 0 Å². The van der Waals surface area contributed by atoms with Crippen molar-refractivity contribution in [3.63, 3.8) is 0 Å². The van der Waals surface area contributed by atoms with Crippen LogP contribution >= 0.6 is 0 Å². The number of hydrogen-bond donors (Lipinski definition) is 2. The molecule has 0 amide bonds. The van der Waals surface area contributed by atoms with Gasteiger partial charge in [-0.2, -0.15) is 0 Å². The highest BCUT2D eigenvalue weighted by atomic mass is 16.5. The molecule has 3 rings (SSSR count). The average Bonchev–Trinajstić information content (AvgIpc) is 3.16. The number of aromatic amines is 1. The zero-order chi connectivity index (χ0) is 18.2. The summed E-state index contributed by atoms with van der Waals surface area (Å²) in [5, 5.41) is 0. The quantitative estimate of drug-likeness (QED) is 0.566. The molecule has 26 heavy (non-hydrogen) atoms. The minimum Gasteiger partial charge on any atom is -0.486 e. The second-order valence-corrected chi connectivity index (χ2v) is 6.31. The summed E-state index contributed by atoms with van der Waals surface area (Å²) in [6, 6.07) is 11.8. The van der Waals surface area contributed by atoms with Crippen LogP contribution in [0.25, 0.3) is 11.3 Å². The van der Waals surface area contributed by atoms with Gasteiger partial charge in [0.2, 0.25) is 0 Å². The molecule has 2 heterocycles. The van der Waals surface area contributed by atoms with E-state index < -0.39 is 0 Å². The molecule has 0 spiro atoms. The standard InChI is InChI=1S/C21H26N4O/c1-2-3-4-11-20-24-14-19(25-20)18-10-7-8-16(13-22)21(18)26-15-17-9-5-6-12-23-17/h5-10,12,14H,2-4,11,13,15,22H2,1H3,(H,24,25). The van der Waals surface area contributed by atoms with Crippen molar-refractivity contribution in [3.8, 4) is 17.0 Å². The summed E-state index contributed by atoms with van der Waals surface area (Å²) in [6.45, 7) is 3.03. The number of rotatable bonds is 9. The van der Waals surface area contributed by atoms with Gasteiger partial charge in [0, 0.05) is 30.3 Å². The fourth-order valence-electron chi connectivity index (χ4n) is 2.93. The highest BCUT2D eigenvalue weighted by molar-refractivity contribution is 5.69. The molecule has 0 unspecified atom stereocenters. The number of nitrogens with zero attached hydrogens (tertiary/aromatic N) is 2. The zero-order valence-corrected chi connectivity index (χ0v) is 15.2. The van der Waals surface area contributed by atoms with Crippen molar-refractivity contribution < 1.29 is 4.74 Å². The highest BCUT2D eigenvalue weighted by Gasteiger charge is 2.13. The first-order valence-corrected chi connectivity index (χ1v) is 9.20. The molecular weight excluding hydrogens is 324 g/mol. The van der Waals surface area contributed by atoms with Crippen molar-refractivity contribution in [2.75, 3.05) is 0 Å². The Kier molecular flexibility index (Phi) is 6.39. The smallest absolute Gasteiger partial charge is 0.133 e. The normalized spacial score (nSPS) is 10.8. The van der Waals surface area contributed by atoms with Gasteiger partial charge in [-0.1, -0.05) is 38.0 Å². The van der Waals surface area contributed by atoms with E-state index in [4.69, 9.17) is 10.5 Å². The number of aromatic nitrogens is 3. The van der Waals surface area contributed by atoms with E-state index in [0.29, 0.717) is 13.2 Å². The van der Waals surface area contributed by atoms with Gasteiger partial charge in [-0.3, -0.25) is 4.98 Å². The highest BCUT2D eigenvalue weighted by Crippen LogP contribution is 2.33. The molecule has 3 aromatic rings. The van der Waals surface area contributed by atoms with E-state index in [9.17, 15) is 0 Å². The number of aryl methyl sites for hydroxylation is 1. The molecule has 0 atom stereocenters. The zero-order valence-electron chi connectivity index (χ0n) is 15.2. The van der Waals surface area contributed by atoms with Crippen molar-refractivity contribution >= 4 is 0 Å². The SMILES string of the molecule is CCCCCc1ncc(-c2cccc(CN)c2OCc2ccccn2)[nH]1. The number of H-pyrrole nitrogens is 1. The molecule has 0 aliphatic rings. The average molecular weight is 350 g/mol. The molecule has 3 N–H and O–H groups in total. The largest absolute Gasteiger partial charge is 0.486 e. The van der Waals surface area contributed by atoms with Gasteiger partial charge >= 0.3 is 0 Å². The summed E-state index contributed by atoms with van der Waals surface area (Å²) in [4.78, 5) is 12.3. The lowest BCUT2D eigenvalue weighted by Gasteiger charge is -2.14. The van der Waals surface area contributed by atoms with Gasteiger partial charge in [-0.15, -0.1) is 0 Å². The number of pyridine rings is 1. The third-order valence-corrected chi connectivity index (χ3v) is 4.34. The Labute approximate surface area is 154 Å². The van der Waals surface area contributed by atoms with Gasteiger partial charge in [0.1, 0.15) is 18.2 Å². The second-order valence-electron chi connectivity index (χ2n) is 6.31. The summed E-state index contributed by atoms with van der Waals surface area (Å²) in [5.74, 6) is 1.81.